The number of H-pyrrole nitrogens is 1. The fourth-order valence-electron chi connectivity index (χ4n) is 2.67. The highest BCUT2D eigenvalue weighted by atomic mass is 19.4. The van der Waals surface area contributed by atoms with Gasteiger partial charge in [-0.15, -0.1) is 0 Å². The highest BCUT2D eigenvalue weighted by Gasteiger charge is 2.30. The summed E-state index contributed by atoms with van der Waals surface area (Å²) in [6, 6.07) is 12.3. The molecule has 0 amide bonds. The summed E-state index contributed by atoms with van der Waals surface area (Å²) in [5.41, 5.74) is 0.303. The lowest BCUT2D eigenvalue weighted by Crippen LogP contribution is -2.30. The van der Waals surface area contributed by atoms with Crippen LogP contribution in [0, 0.1) is 0 Å². The van der Waals surface area contributed by atoms with Crippen molar-refractivity contribution in [3.05, 3.63) is 72.3 Å². The number of aromatic nitrogens is 2. The Labute approximate surface area is 155 Å². The second-order valence-corrected chi connectivity index (χ2v) is 6.38. The van der Waals surface area contributed by atoms with Gasteiger partial charge in [-0.25, -0.2) is 4.98 Å². The van der Waals surface area contributed by atoms with Crippen molar-refractivity contribution in [2.24, 2.45) is 0 Å². The number of rotatable bonds is 6. The quantitative estimate of drug-likeness (QED) is 0.606. The van der Waals surface area contributed by atoms with E-state index >= 15 is 0 Å². The molecule has 7 heteroatoms. The Kier molecular flexibility index (Phi) is 5.39. The molecule has 0 bridgehead atoms. The molecule has 0 aliphatic rings. The van der Waals surface area contributed by atoms with Gasteiger partial charge in [0.05, 0.1) is 12.1 Å². The number of hydrogen-bond acceptors (Lipinski definition) is 3. The summed E-state index contributed by atoms with van der Waals surface area (Å²) in [5, 5.41) is 0. The van der Waals surface area contributed by atoms with Gasteiger partial charge in [0, 0.05) is 24.1 Å². The third-order valence-corrected chi connectivity index (χ3v) is 4.08. The normalized spacial score (nSPS) is 11.6. The predicted octanol–water partition coefficient (Wildman–Crippen LogP) is 5.64. The first-order chi connectivity index (χ1) is 12.8. The third kappa shape index (κ3) is 4.81. The minimum atomic E-state index is -4.35. The van der Waals surface area contributed by atoms with Crippen molar-refractivity contribution in [2.45, 2.75) is 32.6 Å². The predicted molar refractivity (Wildman–Crippen MR) is 97.9 cm³/mol. The average molecular weight is 375 g/mol. The summed E-state index contributed by atoms with van der Waals surface area (Å²) < 4.78 is 43.5. The van der Waals surface area contributed by atoms with E-state index in [1.54, 1.807) is 24.5 Å². The number of anilines is 1. The summed E-state index contributed by atoms with van der Waals surface area (Å²) in [6.45, 7) is 4.83. The number of alkyl halides is 3. The average Bonchev–Trinajstić information content (AvgIpc) is 3.13. The minimum absolute atomic E-state index is 0.261. The molecule has 0 aliphatic heterocycles. The van der Waals surface area contributed by atoms with Crippen molar-refractivity contribution < 1.29 is 17.9 Å². The van der Waals surface area contributed by atoms with Gasteiger partial charge < -0.3 is 14.6 Å². The number of halogens is 3. The summed E-state index contributed by atoms with van der Waals surface area (Å²) in [6.07, 6.45) is -0.849. The van der Waals surface area contributed by atoms with Gasteiger partial charge in [-0.2, -0.15) is 13.2 Å². The number of imidazole rings is 1. The van der Waals surface area contributed by atoms with Crippen LogP contribution in [0.1, 0.15) is 25.2 Å². The summed E-state index contributed by atoms with van der Waals surface area (Å²) in [4.78, 5) is 9.53. The fourth-order valence-corrected chi connectivity index (χ4v) is 2.67. The molecule has 0 saturated carbocycles. The van der Waals surface area contributed by atoms with Crippen LogP contribution in [0.25, 0.3) is 0 Å². The standard InChI is InChI=1S/C20H20F3N3O/c1-14(2)26(13-19-24-11-12-25-19)16-5-9-18(10-6-16)27-17-7-3-15(4-8-17)20(21,22)23/h3-12,14H,13H2,1-2H3,(H,24,25). The Hall–Kier alpha value is -2.96. The smallest absolute Gasteiger partial charge is 0.416 e. The monoisotopic (exact) mass is 375 g/mol. The van der Waals surface area contributed by atoms with Crippen molar-refractivity contribution in [1.82, 2.24) is 9.97 Å². The molecule has 2 aromatic carbocycles. The second-order valence-electron chi connectivity index (χ2n) is 6.38. The maximum absolute atomic E-state index is 12.6. The van der Waals surface area contributed by atoms with E-state index in [2.05, 4.69) is 28.7 Å². The molecule has 27 heavy (non-hydrogen) atoms. The van der Waals surface area contributed by atoms with Gasteiger partial charge in [0.15, 0.2) is 0 Å². The van der Waals surface area contributed by atoms with Crippen LogP contribution in [-0.2, 0) is 12.7 Å². The summed E-state index contributed by atoms with van der Waals surface area (Å²) in [5.74, 6) is 1.78. The van der Waals surface area contributed by atoms with E-state index < -0.39 is 11.7 Å². The molecule has 142 valence electrons. The highest BCUT2D eigenvalue weighted by molar-refractivity contribution is 5.50. The lowest BCUT2D eigenvalue weighted by atomic mass is 10.2. The number of nitrogens with zero attached hydrogens (tertiary/aromatic N) is 2. The van der Waals surface area contributed by atoms with Crippen LogP contribution in [0.15, 0.2) is 60.9 Å². The third-order valence-electron chi connectivity index (χ3n) is 4.08. The van der Waals surface area contributed by atoms with Crippen molar-refractivity contribution in [3.63, 3.8) is 0 Å². The molecule has 0 spiro atoms. The largest absolute Gasteiger partial charge is 0.457 e. The Bertz CT molecular complexity index is 842. The fraction of sp³-hybridized carbons (Fsp3) is 0.250. The van der Waals surface area contributed by atoms with Crippen molar-refractivity contribution in [3.8, 4) is 11.5 Å². The molecule has 1 N–H and O–H groups in total. The maximum Gasteiger partial charge on any atom is 0.416 e. The zero-order chi connectivity index (χ0) is 19.4. The molecule has 0 saturated heterocycles. The van der Waals surface area contributed by atoms with Crippen LogP contribution in [0.5, 0.6) is 11.5 Å². The molecule has 0 fully saturated rings. The first-order valence-electron chi connectivity index (χ1n) is 8.53. The Morgan fingerprint density at radius 2 is 1.59 bits per heavy atom. The molecule has 3 rings (SSSR count). The van der Waals surface area contributed by atoms with E-state index in [-0.39, 0.29) is 6.04 Å². The van der Waals surface area contributed by atoms with E-state index in [4.69, 9.17) is 4.74 Å². The topological polar surface area (TPSA) is 41.2 Å². The lowest BCUT2D eigenvalue weighted by Gasteiger charge is -2.28. The molecule has 4 nitrogen and oxygen atoms in total. The number of benzene rings is 2. The van der Waals surface area contributed by atoms with E-state index in [1.807, 2.05) is 12.1 Å². The zero-order valence-electron chi connectivity index (χ0n) is 15.0. The highest BCUT2D eigenvalue weighted by Crippen LogP contribution is 2.32. The molecule has 3 aromatic rings. The van der Waals surface area contributed by atoms with E-state index in [1.165, 1.54) is 12.1 Å². The molecular weight excluding hydrogens is 355 g/mol. The first kappa shape index (κ1) is 18.8. The number of nitrogens with one attached hydrogen (secondary N) is 1. The zero-order valence-corrected chi connectivity index (χ0v) is 15.0. The van der Waals surface area contributed by atoms with Crippen LogP contribution < -0.4 is 9.64 Å². The second kappa shape index (κ2) is 7.73. The Balaban J connectivity index is 1.70. The van der Waals surface area contributed by atoms with Gasteiger partial charge in [-0.1, -0.05) is 0 Å². The number of hydrogen-bond donors (Lipinski definition) is 1. The van der Waals surface area contributed by atoms with Crippen molar-refractivity contribution in [1.29, 1.82) is 0 Å². The van der Waals surface area contributed by atoms with Gasteiger partial charge in [0.1, 0.15) is 17.3 Å². The minimum Gasteiger partial charge on any atom is -0.457 e. The van der Waals surface area contributed by atoms with Crippen LogP contribution in [-0.4, -0.2) is 16.0 Å². The van der Waals surface area contributed by atoms with Crippen LogP contribution in [0.4, 0.5) is 18.9 Å². The van der Waals surface area contributed by atoms with Gasteiger partial charge in [-0.3, -0.25) is 0 Å². The molecule has 0 atom stereocenters. The molecule has 0 radical (unpaired) electrons. The molecule has 0 unspecified atom stereocenters. The Morgan fingerprint density at radius 1 is 1.00 bits per heavy atom. The Morgan fingerprint density at radius 3 is 2.07 bits per heavy atom. The van der Waals surface area contributed by atoms with Crippen molar-refractivity contribution in [2.75, 3.05) is 4.90 Å². The van der Waals surface area contributed by atoms with E-state index in [0.29, 0.717) is 18.0 Å². The molecule has 1 aromatic heterocycles. The van der Waals surface area contributed by atoms with Gasteiger partial charge in [0.2, 0.25) is 0 Å². The van der Waals surface area contributed by atoms with Crippen molar-refractivity contribution >= 4 is 5.69 Å². The molecule has 0 aliphatic carbocycles. The SMILES string of the molecule is CC(C)N(Cc1ncc[nH]1)c1ccc(Oc2ccc(C(F)(F)F)cc2)cc1. The summed E-state index contributed by atoms with van der Waals surface area (Å²) in [7, 11) is 0. The summed E-state index contributed by atoms with van der Waals surface area (Å²) >= 11 is 0. The van der Waals surface area contributed by atoms with Gasteiger partial charge in [0.25, 0.3) is 0 Å². The lowest BCUT2D eigenvalue weighted by molar-refractivity contribution is -0.137. The van der Waals surface area contributed by atoms with Crippen LogP contribution in [0.3, 0.4) is 0 Å². The molecular formula is C20H20F3N3O. The first-order valence-corrected chi connectivity index (χ1v) is 8.53. The van der Waals surface area contributed by atoms with Gasteiger partial charge in [-0.05, 0) is 62.4 Å². The van der Waals surface area contributed by atoms with Gasteiger partial charge >= 0.3 is 6.18 Å². The van der Waals surface area contributed by atoms with E-state index in [0.717, 1.165) is 23.6 Å². The molecule has 1 heterocycles. The van der Waals surface area contributed by atoms with E-state index in [9.17, 15) is 13.2 Å². The number of aromatic amines is 1. The maximum atomic E-state index is 12.6. The van der Waals surface area contributed by atoms with Crippen LogP contribution >= 0.6 is 0 Å². The van der Waals surface area contributed by atoms with Crippen LogP contribution in [0.2, 0.25) is 0 Å². The number of ether oxygens (including phenoxy) is 1.